The van der Waals surface area contributed by atoms with Crippen LogP contribution in [0.1, 0.15) is 18.1 Å². The minimum atomic E-state index is -4.58. The van der Waals surface area contributed by atoms with Crippen molar-refractivity contribution in [2.75, 3.05) is 13.6 Å². The van der Waals surface area contributed by atoms with Gasteiger partial charge in [0.15, 0.2) is 5.96 Å². The molecule has 0 heterocycles. The second-order valence-corrected chi connectivity index (χ2v) is 3.76. The van der Waals surface area contributed by atoms with Crippen LogP contribution in [0.4, 0.5) is 17.6 Å². The fourth-order valence-corrected chi connectivity index (χ4v) is 1.53. The van der Waals surface area contributed by atoms with Gasteiger partial charge < -0.3 is 10.6 Å². The quantitative estimate of drug-likeness (QED) is 0.506. The van der Waals surface area contributed by atoms with Crippen molar-refractivity contribution in [3.63, 3.8) is 0 Å². The van der Waals surface area contributed by atoms with Gasteiger partial charge in [0.1, 0.15) is 5.82 Å². The lowest BCUT2D eigenvalue weighted by Crippen LogP contribution is -2.36. The van der Waals surface area contributed by atoms with Crippen molar-refractivity contribution >= 4 is 5.96 Å². The molecule has 1 aromatic carbocycles. The van der Waals surface area contributed by atoms with E-state index in [9.17, 15) is 17.6 Å². The smallest absolute Gasteiger partial charge is 0.357 e. The molecule has 7 heteroatoms. The monoisotopic (exact) mass is 277 g/mol. The van der Waals surface area contributed by atoms with E-state index >= 15 is 0 Å². The Kier molecular flexibility index (Phi) is 5.14. The minimum Gasteiger partial charge on any atom is -0.357 e. The molecule has 1 aromatic rings. The molecule has 0 atom stereocenters. The second-order valence-electron chi connectivity index (χ2n) is 3.76. The predicted octanol–water partition coefficient (Wildman–Crippen LogP) is 2.53. The Bertz CT molecular complexity index is 455. The molecular weight excluding hydrogens is 262 g/mol. The SMILES string of the molecule is CCNC(=NC)NCc1ccc(F)cc1C(F)(F)F. The highest BCUT2D eigenvalue weighted by molar-refractivity contribution is 5.79. The number of rotatable bonds is 3. The summed E-state index contributed by atoms with van der Waals surface area (Å²) < 4.78 is 51.1. The molecule has 3 nitrogen and oxygen atoms in total. The summed E-state index contributed by atoms with van der Waals surface area (Å²) in [4.78, 5) is 3.84. The molecule has 0 saturated heterocycles. The summed E-state index contributed by atoms with van der Waals surface area (Å²) in [5.74, 6) is -0.521. The van der Waals surface area contributed by atoms with E-state index in [4.69, 9.17) is 0 Å². The van der Waals surface area contributed by atoms with Crippen molar-refractivity contribution in [1.82, 2.24) is 10.6 Å². The molecule has 0 aliphatic rings. The van der Waals surface area contributed by atoms with Gasteiger partial charge >= 0.3 is 6.18 Å². The van der Waals surface area contributed by atoms with E-state index in [1.807, 2.05) is 6.92 Å². The van der Waals surface area contributed by atoms with E-state index in [0.717, 1.165) is 12.1 Å². The molecule has 0 spiro atoms. The zero-order chi connectivity index (χ0) is 14.5. The molecule has 0 fully saturated rings. The van der Waals surface area contributed by atoms with Gasteiger partial charge in [-0.2, -0.15) is 13.2 Å². The molecule has 0 aliphatic carbocycles. The van der Waals surface area contributed by atoms with Crippen molar-refractivity contribution in [2.45, 2.75) is 19.6 Å². The zero-order valence-corrected chi connectivity index (χ0v) is 10.6. The summed E-state index contributed by atoms with van der Waals surface area (Å²) in [6.45, 7) is 2.34. The first-order valence-electron chi connectivity index (χ1n) is 5.68. The van der Waals surface area contributed by atoms with Gasteiger partial charge in [-0.15, -0.1) is 0 Å². The summed E-state index contributed by atoms with van der Waals surface area (Å²) in [6.07, 6.45) is -4.58. The molecule has 106 valence electrons. The van der Waals surface area contributed by atoms with E-state index in [1.54, 1.807) is 0 Å². The lowest BCUT2D eigenvalue weighted by Gasteiger charge is -2.15. The van der Waals surface area contributed by atoms with Crippen LogP contribution >= 0.6 is 0 Å². The van der Waals surface area contributed by atoms with Gasteiger partial charge in [-0.05, 0) is 24.6 Å². The lowest BCUT2D eigenvalue weighted by molar-refractivity contribution is -0.138. The first-order valence-corrected chi connectivity index (χ1v) is 5.68. The van der Waals surface area contributed by atoms with E-state index in [2.05, 4.69) is 15.6 Å². The summed E-state index contributed by atoms with van der Waals surface area (Å²) in [7, 11) is 1.51. The van der Waals surface area contributed by atoms with Crippen LogP contribution in [0, 0.1) is 5.82 Å². The first-order chi connectivity index (χ1) is 8.88. The van der Waals surface area contributed by atoms with Crippen molar-refractivity contribution in [3.8, 4) is 0 Å². The van der Waals surface area contributed by atoms with Gasteiger partial charge in [0, 0.05) is 20.1 Å². The summed E-state index contributed by atoms with van der Waals surface area (Å²) in [5.41, 5.74) is -1.01. The minimum absolute atomic E-state index is 0.0343. The maximum atomic E-state index is 12.9. The third kappa shape index (κ3) is 4.42. The van der Waals surface area contributed by atoms with Crippen LogP contribution in [0.25, 0.3) is 0 Å². The van der Waals surface area contributed by atoms with Crippen LogP contribution < -0.4 is 10.6 Å². The van der Waals surface area contributed by atoms with Crippen LogP contribution in [-0.4, -0.2) is 19.6 Å². The largest absolute Gasteiger partial charge is 0.416 e. The topological polar surface area (TPSA) is 36.4 Å². The first kappa shape index (κ1) is 15.3. The molecule has 0 amide bonds. The van der Waals surface area contributed by atoms with Crippen LogP contribution in [-0.2, 0) is 12.7 Å². The molecular formula is C12H15F4N3. The van der Waals surface area contributed by atoms with Crippen LogP contribution in [0.5, 0.6) is 0 Å². The molecule has 19 heavy (non-hydrogen) atoms. The van der Waals surface area contributed by atoms with E-state index in [1.165, 1.54) is 7.05 Å². The Labute approximate surface area is 108 Å². The highest BCUT2D eigenvalue weighted by atomic mass is 19.4. The van der Waals surface area contributed by atoms with Gasteiger partial charge in [-0.3, -0.25) is 4.99 Å². The fourth-order valence-electron chi connectivity index (χ4n) is 1.53. The number of nitrogens with one attached hydrogen (secondary N) is 2. The highest BCUT2D eigenvalue weighted by Crippen LogP contribution is 2.32. The Hall–Kier alpha value is -1.79. The van der Waals surface area contributed by atoms with Gasteiger partial charge in [-0.25, -0.2) is 4.39 Å². The Morgan fingerprint density at radius 3 is 2.47 bits per heavy atom. The normalized spacial score (nSPS) is 12.4. The third-order valence-corrected chi connectivity index (χ3v) is 2.39. The molecule has 2 N–H and O–H groups in total. The molecule has 0 aliphatic heterocycles. The van der Waals surface area contributed by atoms with Gasteiger partial charge in [0.2, 0.25) is 0 Å². The van der Waals surface area contributed by atoms with Crippen LogP contribution in [0.3, 0.4) is 0 Å². The molecule has 0 bridgehead atoms. The van der Waals surface area contributed by atoms with Crippen molar-refractivity contribution < 1.29 is 17.6 Å². The number of aliphatic imine (C=N–C) groups is 1. The number of hydrogen-bond donors (Lipinski definition) is 2. The molecule has 1 rings (SSSR count). The summed E-state index contributed by atoms with van der Waals surface area (Å²) >= 11 is 0. The second kappa shape index (κ2) is 6.40. The Balaban J connectivity index is 2.89. The third-order valence-electron chi connectivity index (χ3n) is 2.39. The molecule has 0 aromatic heterocycles. The number of guanidine groups is 1. The number of hydrogen-bond acceptors (Lipinski definition) is 1. The van der Waals surface area contributed by atoms with E-state index < -0.39 is 17.6 Å². The standard InChI is InChI=1S/C12H15F4N3/c1-3-18-11(17-2)19-7-8-4-5-9(13)6-10(8)12(14,15)16/h4-6H,3,7H2,1-2H3,(H2,17,18,19). The average molecular weight is 277 g/mol. The maximum absolute atomic E-state index is 12.9. The molecule has 0 saturated carbocycles. The number of benzene rings is 1. The van der Waals surface area contributed by atoms with Crippen molar-refractivity contribution in [2.24, 2.45) is 4.99 Å². The van der Waals surface area contributed by atoms with Gasteiger partial charge in [0.05, 0.1) is 5.56 Å². The van der Waals surface area contributed by atoms with E-state index in [-0.39, 0.29) is 12.1 Å². The van der Waals surface area contributed by atoms with Crippen LogP contribution in [0.2, 0.25) is 0 Å². The van der Waals surface area contributed by atoms with E-state index in [0.29, 0.717) is 18.6 Å². The number of alkyl halides is 3. The molecule has 0 radical (unpaired) electrons. The average Bonchev–Trinajstić information content (AvgIpc) is 2.34. The fraction of sp³-hybridized carbons (Fsp3) is 0.417. The lowest BCUT2D eigenvalue weighted by atomic mass is 10.1. The maximum Gasteiger partial charge on any atom is 0.416 e. The number of halogens is 4. The Morgan fingerprint density at radius 2 is 1.95 bits per heavy atom. The van der Waals surface area contributed by atoms with Crippen molar-refractivity contribution in [3.05, 3.63) is 35.1 Å². The van der Waals surface area contributed by atoms with Crippen LogP contribution in [0.15, 0.2) is 23.2 Å². The van der Waals surface area contributed by atoms with Crippen molar-refractivity contribution in [1.29, 1.82) is 0 Å². The zero-order valence-electron chi connectivity index (χ0n) is 10.6. The summed E-state index contributed by atoms with van der Waals surface area (Å²) in [5, 5.41) is 5.59. The molecule has 0 unspecified atom stereocenters. The number of nitrogens with zero attached hydrogens (tertiary/aromatic N) is 1. The highest BCUT2D eigenvalue weighted by Gasteiger charge is 2.33. The van der Waals surface area contributed by atoms with Gasteiger partial charge in [0.25, 0.3) is 0 Å². The summed E-state index contributed by atoms with van der Waals surface area (Å²) in [6, 6.07) is 2.61. The Morgan fingerprint density at radius 1 is 1.26 bits per heavy atom. The van der Waals surface area contributed by atoms with Gasteiger partial charge in [-0.1, -0.05) is 6.07 Å². The predicted molar refractivity (Wildman–Crippen MR) is 65.3 cm³/mol.